The standard InChI is InChI=1S/C20H18ClFN2O4.Os/c1-20(2,3)28-19(26)24-10-13-4-5-14(11-25)18(17(13)22)27-16-7-12(9-23)6-15(21)8-16;/h4-8,11H,10H2,1-3H3,(H,24,26);. The first-order valence-corrected chi connectivity index (χ1v) is 8.62. The summed E-state index contributed by atoms with van der Waals surface area (Å²) < 4.78 is 25.5. The Balaban J connectivity index is 0.00000420. The van der Waals surface area contributed by atoms with Crippen LogP contribution in [0.1, 0.15) is 42.3 Å². The summed E-state index contributed by atoms with van der Waals surface area (Å²) in [6.07, 6.45) is -0.262. The van der Waals surface area contributed by atoms with Gasteiger partial charge in [0.2, 0.25) is 0 Å². The maximum atomic E-state index is 14.9. The first-order valence-electron chi connectivity index (χ1n) is 8.25. The number of alkyl carbamates (subject to hydrolysis) is 1. The third kappa shape index (κ3) is 7.13. The van der Waals surface area contributed by atoms with Crippen molar-refractivity contribution in [2.45, 2.75) is 32.9 Å². The van der Waals surface area contributed by atoms with Crippen LogP contribution in [0.4, 0.5) is 9.18 Å². The smallest absolute Gasteiger partial charge is 0.407 e. The van der Waals surface area contributed by atoms with Crippen molar-refractivity contribution in [3.63, 3.8) is 0 Å². The SMILES string of the molecule is CC(C)(C)OC(=O)NCc1ccc(C=O)c(Oc2cc(Cl)cc(C#N)c2)c1F.[Os]. The second-order valence-electron chi connectivity index (χ2n) is 6.82. The van der Waals surface area contributed by atoms with E-state index < -0.39 is 17.5 Å². The van der Waals surface area contributed by atoms with Crippen LogP contribution in [0.3, 0.4) is 0 Å². The fraction of sp³-hybridized carbons (Fsp3) is 0.250. The molecule has 2 aromatic carbocycles. The molecule has 0 aliphatic carbocycles. The van der Waals surface area contributed by atoms with E-state index in [1.165, 1.54) is 30.3 Å². The molecule has 0 heterocycles. The van der Waals surface area contributed by atoms with E-state index >= 15 is 0 Å². The number of nitrogens with one attached hydrogen (secondary N) is 1. The van der Waals surface area contributed by atoms with Crippen LogP contribution >= 0.6 is 11.6 Å². The van der Waals surface area contributed by atoms with Crippen molar-refractivity contribution < 1.29 is 43.2 Å². The quantitative estimate of drug-likeness (QED) is 0.494. The maximum absolute atomic E-state index is 14.9. The fourth-order valence-corrected chi connectivity index (χ4v) is 2.46. The van der Waals surface area contributed by atoms with E-state index in [1.54, 1.807) is 20.8 Å². The Morgan fingerprint density at radius 3 is 2.59 bits per heavy atom. The molecular formula is C20H18ClFN2O4Os. The van der Waals surface area contributed by atoms with Crippen molar-refractivity contribution >= 4 is 24.0 Å². The average molecular weight is 595 g/mol. The zero-order valence-corrected chi connectivity index (χ0v) is 19.2. The number of hydrogen-bond acceptors (Lipinski definition) is 5. The second-order valence-corrected chi connectivity index (χ2v) is 7.26. The van der Waals surface area contributed by atoms with Crippen LogP contribution in [0.5, 0.6) is 11.5 Å². The number of benzene rings is 2. The number of rotatable bonds is 5. The van der Waals surface area contributed by atoms with Crippen molar-refractivity contribution in [2.24, 2.45) is 0 Å². The number of amides is 1. The Morgan fingerprint density at radius 1 is 1.31 bits per heavy atom. The van der Waals surface area contributed by atoms with Gasteiger partial charge in [-0.3, -0.25) is 4.79 Å². The zero-order valence-electron chi connectivity index (χ0n) is 15.9. The molecule has 2 aromatic rings. The first-order chi connectivity index (χ1) is 13.1. The number of nitrogens with zero attached hydrogens (tertiary/aromatic N) is 1. The minimum Gasteiger partial charge on any atom is -0.453 e. The number of aldehydes is 1. The van der Waals surface area contributed by atoms with E-state index in [9.17, 15) is 14.0 Å². The van der Waals surface area contributed by atoms with Gasteiger partial charge in [0.05, 0.1) is 17.2 Å². The van der Waals surface area contributed by atoms with Gasteiger partial charge < -0.3 is 14.8 Å². The monoisotopic (exact) mass is 596 g/mol. The van der Waals surface area contributed by atoms with Crippen LogP contribution < -0.4 is 10.1 Å². The topological polar surface area (TPSA) is 88.4 Å². The van der Waals surface area contributed by atoms with E-state index in [1.807, 2.05) is 6.07 Å². The zero-order chi connectivity index (χ0) is 20.9. The molecule has 6 nitrogen and oxygen atoms in total. The molecule has 0 fully saturated rings. The number of nitriles is 1. The number of hydrogen-bond donors (Lipinski definition) is 1. The number of carbonyl (C=O) groups is 2. The molecule has 0 aromatic heterocycles. The molecule has 0 spiro atoms. The molecule has 29 heavy (non-hydrogen) atoms. The Bertz CT molecular complexity index is 955. The molecule has 1 N–H and O–H groups in total. The Kier molecular flexibility index (Phi) is 8.76. The van der Waals surface area contributed by atoms with Crippen molar-refractivity contribution in [1.82, 2.24) is 5.32 Å². The summed E-state index contributed by atoms with van der Waals surface area (Å²) in [6, 6.07) is 8.82. The normalized spacial score (nSPS) is 10.3. The van der Waals surface area contributed by atoms with Gasteiger partial charge in [-0.25, -0.2) is 9.18 Å². The molecular weight excluding hydrogens is 577 g/mol. The summed E-state index contributed by atoms with van der Waals surface area (Å²) >= 11 is 5.92. The molecule has 0 unspecified atom stereocenters. The number of carbonyl (C=O) groups excluding carboxylic acids is 2. The van der Waals surface area contributed by atoms with E-state index in [0.717, 1.165) is 0 Å². The molecule has 0 atom stereocenters. The number of halogens is 2. The Labute approximate surface area is 186 Å². The van der Waals surface area contributed by atoms with Crippen molar-refractivity contribution in [3.8, 4) is 17.6 Å². The minimum absolute atomic E-state index is 0. The summed E-state index contributed by atoms with van der Waals surface area (Å²) in [5, 5.41) is 11.7. The molecule has 1 amide bonds. The van der Waals surface area contributed by atoms with Gasteiger partial charge in [-0.05, 0) is 45.0 Å². The summed E-state index contributed by atoms with van der Waals surface area (Å²) in [6.45, 7) is 4.95. The predicted molar refractivity (Wildman–Crippen MR) is 101 cm³/mol. The molecule has 0 saturated carbocycles. The van der Waals surface area contributed by atoms with Gasteiger partial charge in [-0.2, -0.15) is 5.26 Å². The molecule has 2 rings (SSSR count). The van der Waals surface area contributed by atoms with Gasteiger partial charge in [-0.15, -0.1) is 0 Å². The second kappa shape index (κ2) is 10.3. The van der Waals surface area contributed by atoms with Crippen LogP contribution in [0.15, 0.2) is 30.3 Å². The molecule has 0 bridgehead atoms. The van der Waals surface area contributed by atoms with Crippen molar-refractivity contribution in [2.75, 3.05) is 0 Å². The molecule has 9 heteroatoms. The summed E-state index contributed by atoms with van der Waals surface area (Å²) in [5.74, 6) is -1.05. The molecule has 0 aliphatic heterocycles. The minimum atomic E-state index is -0.820. The summed E-state index contributed by atoms with van der Waals surface area (Å²) in [7, 11) is 0. The van der Waals surface area contributed by atoms with Gasteiger partial charge >= 0.3 is 6.09 Å². The predicted octanol–water partition coefficient (Wildman–Crippen LogP) is 4.98. The summed E-state index contributed by atoms with van der Waals surface area (Å²) in [5.41, 5.74) is -0.409. The van der Waals surface area contributed by atoms with Gasteiger partial charge in [0.25, 0.3) is 0 Å². The van der Waals surface area contributed by atoms with Crippen LogP contribution in [0.2, 0.25) is 5.02 Å². The van der Waals surface area contributed by atoms with E-state index in [4.69, 9.17) is 26.3 Å². The molecule has 154 valence electrons. The van der Waals surface area contributed by atoms with Crippen LogP contribution in [-0.2, 0) is 31.1 Å². The average Bonchev–Trinajstić information content (AvgIpc) is 2.60. The van der Waals surface area contributed by atoms with E-state index in [2.05, 4.69) is 5.32 Å². The molecule has 0 saturated heterocycles. The maximum Gasteiger partial charge on any atom is 0.407 e. The third-order valence-electron chi connectivity index (χ3n) is 3.38. The molecule has 0 aliphatic rings. The van der Waals surface area contributed by atoms with Crippen molar-refractivity contribution in [3.05, 3.63) is 57.9 Å². The van der Waals surface area contributed by atoms with Crippen LogP contribution in [0.25, 0.3) is 0 Å². The van der Waals surface area contributed by atoms with Crippen LogP contribution in [-0.4, -0.2) is 18.0 Å². The Hall–Kier alpha value is -2.47. The van der Waals surface area contributed by atoms with E-state index in [0.29, 0.717) is 6.29 Å². The van der Waals surface area contributed by atoms with Crippen LogP contribution in [0, 0.1) is 17.1 Å². The summed E-state index contributed by atoms with van der Waals surface area (Å²) in [4.78, 5) is 23.0. The third-order valence-corrected chi connectivity index (χ3v) is 3.60. The van der Waals surface area contributed by atoms with Gasteiger partial charge in [0.15, 0.2) is 17.9 Å². The van der Waals surface area contributed by atoms with Crippen molar-refractivity contribution in [1.29, 1.82) is 5.26 Å². The number of ether oxygens (including phenoxy) is 2. The van der Waals surface area contributed by atoms with Gasteiger partial charge in [0.1, 0.15) is 11.4 Å². The van der Waals surface area contributed by atoms with Gasteiger partial charge in [-0.1, -0.05) is 17.7 Å². The van der Waals surface area contributed by atoms with E-state index in [-0.39, 0.29) is 59.5 Å². The largest absolute Gasteiger partial charge is 0.453 e. The van der Waals surface area contributed by atoms with Gasteiger partial charge in [0, 0.05) is 36.9 Å². The Morgan fingerprint density at radius 2 is 2.00 bits per heavy atom. The molecule has 0 radical (unpaired) electrons. The fourth-order valence-electron chi connectivity index (χ4n) is 2.23. The first kappa shape index (κ1) is 24.6.